The Balaban J connectivity index is 2.39. The summed E-state index contributed by atoms with van der Waals surface area (Å²) >= 11 is 0. The maximum absolute atomic E-state index is 13.2. The SMILES string of the molecule is Nc1n[nH]c(N)c1N=Nc1c(F)cccc1F. The van der Waals surface area contributed by atoms with Gasteiger partial charge >= 0.3 is 0 Å². The van der Waals surface area contributed by atoms with Crippen molar-refractivity contribution in [1.82, 2.24) is 10.2 Å². The monoisotopic (exact) mass is 238 g/mol. The van der Waals surface area contributed by atoms with E-state index in [0.29, 0.717) is 0 Å². The Hall–Kier alpha value is -2.51. The van der Waals surface area contributed by atoms with Crippen molar-refractivity contribution in [3.63, 3.8) is 0 Å². The van der Waals surface area contributed by atoms with Crippen LogP contribution in [0.2, 0.25) is 0 Å². The number of anilines is 2. The average molecular weight is 238 g/mol. The Morgan fingerprint density at radius 1 is 1.06 bits per heavy atom. The van der Waals surface area contributed by atoms with Gasteiger partial charge in [0.25, 0.3) is 0 Å². The number of halogens is 2. The number of aromatic nitrogens is 2. The van der Waals surface area contributed by atoms with Crippen LogP contribution in [0.3, 0.4) is 0 Å². The summed E-state index contributed by atoms with van der Waals surface area (Å²) in [5.74, 6) is -1.57. The number of benzene rings is 1. The average Bonchev–Trinajstić information content (AvgIpc) is 2.59. The van der Waals surface area contributed by atoms with Gasteiger partial charge < -0.3 is 11.5 Å². The third-order valence-electron chi connectivity index (χ3n) is 1.98. The molecule has 1 aromatic carbocycles. The molecule has 0 saturated heterocycles. The molecule has 0 bridgehead atoms. The van der Waals surface area contributed by atoms with Crippen LogP contribution in [0.4, 0.5) is 31.8 Å². The van der Waals surface area contributed by atoms with E-state index in [-0.39, 0.29) is 17.3 Å². The van der Waals surface area contributed by atoms with Crippen LogP contribution in [0, 0.1) is 11.6 Å². The third-order valence-corrected chi connectivity index (χ3v) is 1.98. The molecule has 0 radical (unpaired) electrons. The quantitative estimate of drug-likeness (QED) is 0.698. The summed E-state index contributed by atoms with van der Waals surface area (Å²) in [6.07, 6.45) is 0. The van der Waals surface area contributed by atoms with Gasteiger partial charge in [-0.15, -0.1) is 10.2 Å². The topological polar surface area (TPSA) is 105 Å². The number of nitrogens with zero attached hydrogens (tertiary/aromatic N) is 3. The first-order valence-corrected chi connectivity index (χ1v) is 4.54. The molecule has 0 saturated carbocycles. The molecule has 1 heterocycles. The zero-order chi connectivity index (χ0) is 12.4. The summed E-state index contributed by atoms with van der Waals surface area (Å²) in [4.78, 5) is 0. The highest BCUT2D eigenvalue weighted by Crippen LogP contribution is 2.29. The fraction of sp³-hybridized carbons (Fsp3) is 0. The summed E-state index contributed by atoms with van der Waals surface area (Å²) in [6, 6.07) is 3.36. The second kappa shape index (κ2) is 4.16. The molecule has 2 aromatic rings. The standard InChI is InChI=1S/C9H8F2N6/c10-4-2-1-3-5(11)6(4)14-15-7-8(12)16-17-9(7)13/h1-3H,(H5,12,13,16,17). The van der Waals surface area contributed by atoms with Gasteiger partial charge in [-0.2, -0.15) is 5.10 Å². The number of nitrogens with two attached hydrogens (primary N) is 2. The Morgan fingerprint density at radius 2 is 1.65 bits per heavy atom. The molecular weight excluding hydrogens is 230 g/mol. The van der Waals surface area contributed by atoms with Gasteiger partial charge in [0.05, 0.1) is 0 Å². The van der Waals surface area contributed by atoms with Crippen LogP contribution in [0.1, 0.15) is 0 Å². The molecule has 0 aliphatic rings. The smallest absolute Gasteiger partial charge is 0.175 e. The molecule has 6 nitrogen and oxygen atoms in total. The third kappa shape index (κ3) is 2.05. The first-order chi connectivity index (χ1) is 8.09. The molecule has 0 unspecified atom stereocenters. The lowest BCUT2D eigenvalue weighted by Crippen LogP contribution is -1.85. The molecule has 88 valence electrons. The summed E-state index contributed by atoms with van der Waals surface area (Å²) < 4.78 is 26.4. The van der Waals surface area contributed by atoms with Gasteiger partial charge in [-0.1, -0.05) is 6.07 Å². The van der Waals surface area contributed by atoms with Gasteiger partial charge in [-0.3, -0.25) is 5.10 Å². The lowest BCUT2D eigenvalue weighted by atomic mass is 10.3. The van der Waals surface area contributed by atoms with E-state index < -0.39 is 17.3 Å². The fourth-order valence-corrected chi connectivity index (χ4v) is 1.15. The van der Waals surface area contributed by atoms with Crippen LogP contribution in [0.25, 0.3) is 0 Å². The van der Waals surface area contributed by atoms with Crippen molar-refractivity contribution in [2.45, 2.75) is 0 Å². The minimum Gasteiger partial charge on any atom is -0.382 e. The molecule has 1 aromatic heterocycles. The Kier molecular flexibility index (Phi) is 2.69. The van der Waals surface area contributed by atoms with E-state index in [1.807, 2.05) is 0 Å². The number of aromatic amines is 1. The number of hydrogen-bond acceptors (Lipinski definition) is 5. The highest BCUT2D eigenvalue weighted by molar-refractivity contribution is 5.70. The Bertz CT molecular complexity index is 537. The van der Waals surface area contributed by atoms with Gasteiger partial charge in [0, 0.05) is 0 Å². The van der Waals surface area contributed by atoms with Crippen LogP contribution >= 0.6 is 0 Å². The van der Waals surface area contributed by atoms with E-state index in [1.165, 1.54) is 6.07 Å². The number of azo groups is 1. The number of hydrogen-bond donors (Lipinski definition) is 3. The van der Waals surface area contributed by atoms with Gasteiger partial charge in [-0.25, -0.2) is 8.78 Å². The van der Waals surface area contributed by atoms with E-state index in [1.54, 1.807) is 0 Å². The molecule has 0 atom stereocenters. The highest BCUT2D eigenvalue weighted by Gasteiger charge is 2.10. The predicted octanol–water partition coefficient (Wildman–Crippen LogP) is 2.27. The normalized spacial score (nSPS) is 11.2. The zero-order valence-corrected chi connectivity index (χ0v) is 8.48. The second-order valence-electron chi connectivity index (χ2n) is 3.14. The highest BCUT2D eigenvalue weighted by atomic mass is 19.1. The molecule has 0 spiro atoms. The largest absolute Gasteiger partial charge is 0.382 e. The van der Waals surface area contributed by atoms with Crippen LogP contribution in [-0.2, 0) is 0 Å². The lowest BCUT2D eigenvalue weighted by molar-refractivity contribution is 0.585. The van der Waals surface area contributed by atoms with E-state index in [0.717, 1.165) is 12.1 Å². The van der Waals surface area contributed by atoms with Crippen molar-refractivity contribution >= 4 is 23.0 Å². The van der Waals surface area contributed by atoms with E-state index >= 15 is 0 Å². The van der Waals surface area contributed by atoms with Crippen molar-refractivity contribution < 1.29 is 8.78 Å². The minimum atomic E-state index is -0.825. The van der Waals surface area contributed by atoms with Crippen molar-refractivity contribution in [3.05, 3.63) is 29.8 Å². The molecule has 17 heavy (non-hydrogen) atoms. The molecule has 0 aliphatic carbocycles. The summed E-state index contributed by atoms with van der Waals surface area (Å²) in [7, 11) is 0. The fourth-order valence-electron chi connectivity index (χ4n) is 1.15. The molecule has 2 rings (SSSR count). The maximum atomic E-state index is 13.2. The van der Waals surface area contributed by atoms with Gasteiger partial charge in [0.2, 0.25) is 0 Å². The van der Waals surface area contributed by atoms with Crippen LogP contribution in [-0.4, -0.2) is 10.2 Å². The zero-order valence-electron chi connectivity index (χ0n) is 8.48. The summed E-state index contributed by atoms with van der Waals surface area (Å²) in [5, 5.41) is 12.9. The first kappa shape index (κ1) is 11.0. The van der Waals surface area contributed by atoms with Gasteiger partial charge in [0.1, 0.15) is 5.82 Å². The predicted molar refractivity (Wildman–Crippen MR) is 57.9 cm³/mol. The van der Waals surface area contributed by atoms with Crippen LogP contribution < -0.4 is 11.5 Å². The summed E-state index contributed by atoms with van der Waals surface area (Å²) in [6.45, 7) is 0. The molecule has 0 amide bonds. The van der Waals surface area contributed by atoms with Crippen molar-refractivity contribution in [2.24, 2.45) is 10.2 Å². The summed E-state index contributed by atoms with van der Waals surface area (Å²) in [5.41, 5.74) is 10.4. The molecular formula is C9H8F2N6. The maximum Gasteiger partial charge on any atom is 0.175 e. The van der Waals surface area contributed by atoms with Crippen LogP contribution in [0.15, 0.2) is 28.4 Å². The number of nitrogen functional groups attached to an aromatic ring is 2. The molecule has 8 heteroatoms. The second-order valence-corrected chi connectivity index (χ2v) is 3.14. The number of nitrogens with one attached hydrogen (secondary N) is 1. The van der Waals surface area contributed by atoms with Gasteiger partial charge in [0.15, 0.2) is 28.8 Å². The Morgan fingerprint density at radius 3 is 2.18 bits per heavy atom. The Labute approximate surface area is 94.3 Å². The van der Waals surface area contributed by atoms with Crippen LogP contribution in [0.5, 0.6) is 0 Å². The van der Waals surface area contributed by atoms with E-state index in [4.69, 9.17) is 11.5 Å². The lowest BCUT2D eigenvalue weighted by Gasteiger charge is -1.96. The number of H-pyrrole nitrogens is 1. The van der Waals surface area contributed by atoms with Gasteiger partial charge in [-0.05, 0) is 12.1 Å². The molecule has 0 aliphatic heterocycles. The number of rotatable bonds is 2. The first-order valence-electron chi connectivity index (χ1n) is 4.54. The van der Waals surface area contributed by atoms with E-state index in [9.17, 15) is 8.78 Å². The molecule has 5 N–H and O–H groups in total. The van der Waals surface area contributed by atoms with E-state index in [2.05, 4.69) is 20.4 Å². The van der Waals surface area contributed by atoms with Crippen molar-refractivity contribution in [1.29, 1.82) is 0 Å². The van der Waals surface area contributed by atoms with Crippen molar-refractivity contribution in [2.75, 3.05) is 11.5 Å². The molecule has 0 fully saturated rings. The minimum absolute atomic E-state index is 0.00278. The van der Waals surface area contributed by atoms with Crippen molar-refractivity contribution in [3.8, 4) is 0 Å².